The Morgan fingerprint density at radius 1 is 1.31 bits per heavy atom. The summed E-state index contributed by atoms with van der Waals surface area (Å²) in [5.74, 6) is -0.0175. The number of nitrogens with one attached hydrogen (secondary N) is 3. The van der Waals surface area contributed by atoms with Gasteiger partial charge in [-0.15, -0.1) is 23.5 Å². The van der Waals surface area contributed by atoms with Crippen molar-refractivity contribution in [2.75, 3.05) is 32.5 Å². The first-order valence-corrected chi connectivity index (χ1v) is 11.0. The molecule has 3 aliphatic heterocycles. The minimum Gasteiger partial charge on any atom is -0.449 e. The van der Waals surface area contributed by atoms with Crippen LogP contribution < -0.4 is 16.0 Å². The predicted molar refractivity (Wildman–Crippen MR) is 102 cm³/mol. The summed E-state index contributed by atoms with van der Waals surface area (Å²) in [7, 11) is 1.42. The molecule has 0 bridgehead atoms. The predicted octanol–water partition coefficient (Wildman–Crippen LogP) is 0.190. The van der Waals surface area contributed by atoms with Crippen molar-refractivity contribution < 1.29 is 19.1 Å². The van der Waals surface area contributed by atoms with Gasteiger partial charge >= 0.3 is 6.09 Å². The Bertz CT molecular complexity index is 550. The van der Waals surface area contributed by atoms with E-state index in [2.05, 4.69) is 16.0 Å². The highest BCUT2D eigenvalue weighted by Gasteiger charge is 2.42. The van der Waals surface area contributed by atoms with Crippen LogP contribution in [0.15, 0.2) is 0 Å². The van der Waals surface area contributed by atoms with Gasteiger partial charge in [0.15, 0.2) is 0 Å². The highest BCUT2D eigenvalue weighted by atomic mass is 32.2. The number of nitrogens with zero attached hydrogens (tertiary/aromatic N) is 1. The van der Waals surface area contributed by atoms with Gasteiger partial charge in [0.1, 0.15) is 5.37 Å². The summed E-state index contributed by atoms with van der Waals surface area (Å²) in [6.07, 6.45) is 1.04. The van der Waals surface area contributed by atoms with Crippen LogP contribution in [-0.4, -0.2) is 77.3 Å². The molecular formula is C16H26N4O4S2. The maximum atomic E-state index is 12.7. The Morgan fingerprint density at radius 2 is 2.12 bits per heavy atom. The number of rotatable bonds is 4. The Labute approximate surface area is 161 Å². The summed E-state index contributed by atoms with van der Waals surface area (Å²) in [6.45, 7) is 3.78. The number of hydrogen-bond acceptors (Lipinski definition) is 8. The number of hydrogen-bond donors (Lipinski definition) is 3. The van der Waals surface area contributed by atoms with E-state index in [1.54, 1.807) is 30.4 Å². The van der Waals surface area contributed by atoms with E-state index in [0.717, 1.165) is 30.2 Å². The first-order valence-electron chi connectivity index (χ1n) is 8.99. The van der Waals surface area contributed by atoms with E-state index in [-0.39, 0.29) is 29.2 Å². The van der Waals surface area contributed by atoms with Crippen LogP contribution in [0.2, 0.25) is 0 Å². The van der Waals surface area contributed by atoms with Gasteiger partial charge in [-0.25, -0.2) is 4.79 Å². The van der Waals surface area contributed by atoms with Gasteiger partial charge < -0.3 is 15.4 Å². The normalized spacial score (nSPS) is 33.4. The zero-order chi connectivity index (χ0) is 18.7. The molecule has 3 rings (SSSR count). The highest BCUT2D eigenvalue weighted by Crippen LogP contribution is 2.34. The average molecular weight is 403 g/mol. The van der Waals surface area contributed by atoms with Crippen molar-refractivity contribution in [3.8, 4) is 0 Å². The number of ether oxygens (including phenoxy) is 1. The molecule has 0 saturated carbocycles. The van der Waals surface area contributed by atoms with Gasteiger partial charge in [0, 0.05) is 24.9 Å². The summed E-state index contributed by atoms with van der Waals surface area (Å²) in [6, 6.07) is 0.313. The third-order valence-corrected chi connectivity index (χ3v) is 7.71. The Hall–Kier alpha value is -0.970. The molecule has 3 amide bonds. The van der Waals surface area contributed by atoms with Gasteiger partial charge in [0.2, 0.25) is 11.8 Å². The van der Waals surface area contributed by atoms with Crippen molar-refractivity contribution in [3.05, 3.63) is 0 Å². The van der Waals surface area contributed by atoms with Crippen molar-refractivity contribution in [1.82, 2.24) is 20.9 Å². The van der Waals surface area contributed by atoms with E-state index < -0.39 is 12.0 Å². The molecule has 5 unspecified atom stereocenters. The lowest BCUT2D eigenvalue weighted by Crippen LogP contribution is -2.51. The van der Waals surface area contributed by atoms with Crippen LogP contribution in [0, 0.1) is 5.92 Å². The number of carbonyl (C=O) groups is 3. The number of carbonyl (C=O) groups excluding carboxylic acids is 3. The molecule has 26 heavy (non-hydrogen) atoms. The third kappa shape index (κ3) is 4.29. The Balaban J connectivity index is 1.55. The van der Waals surface area contributed by atoms with E-state index >= 15 is 0 Å². The quantitative estimate of drug-likeness (QED) is 0.613. The second kappa shape index (κ2) is 8.81. The highest BCUT2D eigenvalue weighted by molar-refractivity contribution is 8.01. The molecule has 0 aromatic heterocycles. The van der Waals surface area contributed by atoms with Gasteiger partial charge in [-0.3, -0.25) is 19.8 Å². The van der Waals surface area contributed by atoms with Gasteiger partial charge in [-0.2, -0.15) is 0 Å². The van der Waals surface area contributed by atoms with E-state index in [0.29, 0.717) is 17.7 Å². The van der Waals surface area contributed by atoms with E-state index in [1.807, 2.05) is 0 Å². The number of fused-ring (bicyclic) bond motifs is 1. The van der Waals surface area contributed by atoms with E-state index in [1.165, 1.54) is 7.05 Å². The van der Waals surface area contributed by atoms with Crippen LogP contribution in [0.4, 0.5) is 4.79 Å². The second-order valence-electron chi connectivity index (χ2n) is 6.61. The summed E-state index contributed by atoms with van der Waals surface area (Å²) in [5.41, 5.74) is 0. The summed E-state index contributed by atoms with van der Waals surface area (Å²) in [5, 5.41) is 9.58. The summed E-state index contributed by atoms with van der Waals surface area (Å²) in [4.78, 5) is 38.1. The fourth-order valence-electron chi connectivity index (χ4n) is 3.47. The standard InChI is InChI=1S/C16H26N4O4S2/c1-3-24-16(23)20(2)15(22)9-5-7-25-13(9)19-12(21)14-18-10-8-17-6-4-11(10)26-14/h9-11,13-14,17-18H,3-8H2,1-2H3,(H,19,21). The molecule has 3 fully saturated rings. The lowest BCUT2D eigenvalue weighted by atomic mass is 10.1. The van der Waals surface area contributed by atoms with Crippen molar-refractivity contribution in [1.29, 1.82) is 0 Å². The van der Waals surface area contributed by atoms with Crippen LogP contribution in [0.5, 0.6) is 0 Å². The zero-order valence-corrected chi connectivity index (χ0v) is 16.7. The molecule has 0 aliphatic carbocycles. The fourth-order valence-corrected chi connectivity index (χ4v) is 6.21. The number of imide groups is 1. The maximum absolute atomic E-state index is 12.7. The molecule has 3 heterocycles. The monoisotopic (exact) mass is 402 g/mol. The smallest absolute Gasteiger partial charge is 0.416 e. The van der Waals surface area contributed by atoms with Crippen LogP contribution in [0.25, 0.3) is 0 Å². The molecule has 146 valence electrons. The molecule has 0 aromatic rings. The Kier molecular flexibility index (Phi) is 6.70. The molecular weight excluding hydrogens is 376 g/mol. The maximum Gasteiger partial charge on any atom is 0.416 e. The first-order chi connectivity index (χ1) is 12.5. The number of thioether (sulfide) groups is 2. The average Bonchev–Trinajstić information content (AvgIpc) is 3.27. The van der Waals surface area contributed by atoms with Crippen molar-refractivity contribution >= 4 is 41.4 Å². The fraction of sp³-hybridized carbons (Fsp3) is 0.812. The second-order valence-corrected chi connectivity index (χ2v) is 9.21. The van der Waals surface area contributed by atoms with Gasteiger partial charge in [0.25, 0.3) is 0 Å². The minimum atomic E-state index is -0.649. The van der Waals surface area contributed by atoms with Crippen LogP contribution in [0.1, 0.15) is 19.8 Å². The molecule has 3 aliphatic rings. The largest absolute Gasteiger partial charge is 0.449 e. The number of amides is 3. The molecule has 8 nitrogen and oxygen atoms in total. The molecule has 3 saturated heterocycles. The van der Waals surface area contributed by atoms with Crippen LogP contribution in [0.3, 0.4) is 0 Å². The lowest BCUT2D eigenvalue weighted by Gasteiger charge is -2.24. The molecule has 0 radical (unpaired) electrons. The summed E-state index contributed by atoms with van der Waals surface area (Å²) >= 11 is 3.22. The van der Waals surface area contributed by atoms with E-state index in [9.17, 15) is 14.4 Å². The Morgan fingerprint density at radius 3 is 2.85 bits per heavy atom. The molecule has 3 N–H and O–H groups in total. The van der Waals surface area contributed by atoms with Gasteiger partial charge in [0.05, 0.1) is 17.9 Å². The molecule has 0 aromatic carbocycles. The summed E-state index contributed by atoms with van der Waals surface area (Å²) < 4.78 is 4.89. The van der Waals surface area contributed by atoms with Gasteiger partial charge in [-0.05, 0) is 32.1 Å². The SMILES string of the molecule is CCOC(=O)N(C)C(=O)C1CCSC1NC(=O)C1NC2CNCCC2S1. The van der Waals surface area contributed by atoms with Gasteiger partial charge in [-0.1, -0.05) is 0 Å². The topological polar surface area (TPSA) is 99.8 Å². The molecule has 0 spiro atoms. The lowest BCUT2D eigenvalue weighted by molar-refractivity contribution is -0.133. The number of piperidine rings is 1. The van der Waals surface area contributed by atoms with Crippen LogP contribution >= 0.6 is 23.5 Å². The first kappa shape index (κ1) is 19.8. The zero-order valence-electron chi connectivity index (χ0n) is 15.0. The van der Waals surface area contributed by atoms with Crippen molar-refractivity contribution in [2.24, 2.45) is 5.92 Å². The van der Waals surface area contributed by atoms with Crippen molar-refractivity contribution in [3.63, 3.8) is 0 Å². The van der Waals surface area contributed by atoms with E-state index in [4.69, 9.17) is 4.74 Å². The molecule has 10 heteroatoms. The van der Waals surface area contributed by atoms with Crippen molar-refractivity contribution in [2.45, 2.75) is 41.8 Å². The molecule has 5 atom stereocenters. The third-order valence-electron chi connectivity index (χ3n) is 4.90. The minimum absolute atomic E-state index is 0.0830. The van der Waals surface area contributed by atoms with Crippen LogP contribution in [-0.2, 0) is 14.3 Å².